The summed E-state index contributed by atoms with van der Waals surface area (Å²) in [5.41, 5.74) is -0.371. The van der Waals surface area contributed by atoms with Gasteiger partial charge in [-0.25, -0.2) is 8.78 Å². The average Bonchev–Trinajstić information content (AvgIpc) is 3.00. The van der Waals surface area contributed by atoms with Gasteiger partial charge in [0.2, 0.25) is 0 Å². The topological polar surface area (TPSA) is 20.2 Å². The second kappa shape index (κ2) is 7.99. The van der Waals surface area contributed by atoms with Gasteiger partial charge in [0.15, 0.2) is 0 Å². The summed E-state index contributed by atoms with van der Waals surface area (Å²) in [6.07, 6.45) is 10.1. The van der Waals surface area contributed by atoms with Gasteiger partial charge < -0.3 is 5.11 Å². The van der Waals surface area contributed by atoms with Crippen LogP contribution in [0.2, 0.25) is 0 Å². The Labute approximate surface area is 183 Å². The second-order valence-electron chi connectivity index (χ2n) is 12.7. The van der Waals surface area contributed by atoms with Crippen molar-refractivity contribution in [3.8, 4) is 0 Å². The molecule has 0 aliphatic heterocycles. The van der Waals surface area contributed by atoms with E-state index in [-0.39, 0.29) is 23.7 Å². The van der Waals surface area contributed by atoms with Crippen molar-refractivity contribution < 1.29 is 13.9 Å². The van der Waals surface area contributed by atoms with Crippen molar-refractivity contribution in [1.82, 2.24) is 0 Å². The maximum atomic E-state index is 15.5. The highest BCUT2D eigenvalue weighted by atomic mass is 19.3. The largest absolute Gasteiger partial charge is 0.393 e. The molecule has 0 bridgehead atoms. The highest BCUT2D eigenvalue weighted by molar-refractivity contribution is 5.14. The molecule has 30 heavy (non-hydrogen) atoms. The van der Waals surface area contributed by atoms with E-state index in [2.05, 4.69) is 27.7 Å². The highest BCUT2D eigenvalue weighted by Gasteiger charge is 2.68. The van der Waals surface area contributed by atoms with E-state index in [4.69, 9.17) is 0 Å². The zero-order valence-electron chi connectivity index (χ0n) is 20.1. The minimum atomic E-state index is -2.61. The Morgan fingerprint density at radius 1 is 0.933 bits per heavy atom. The first-order chi connectivity index (χ1) is 14.0. The monoisotopic (exact) mass is 424 g/mol. The van der Waals surface area contributed by atoms with Crippen LogP contribution in [-0.2, 0) is 0 Å². The summed E-state index contributed by atoms with van der Waals surface area (Å²) < 4.78 is 31.0. The quantitative estimate of drug-likeness (QED) is 0.479. The van der Waals surface area contributed by atoms with Gasteiger partial charge in [0, 0.05) is 17.8 Å². The number of alkyl halides is 2. The number of aliphatic hydroxyl groups excluding tert-OH is 1. The van der Waals surface area contributed by atoms with Crippen molar-refractivity contribution in [1.29, 1.82) is 0 Å². The maximum Gasteiger partial charge on any atom is 0.251 e. The van der Waals surface area contributed by atoms with E-state index in [1.807, 2.05) is 6.92 Å². The van der Waals surface area contributed by atoms with Gasteiger partial charge >= 0.3 is 0 Å². The molecule has 3 heteroatoms. The van der Waals surface area contributed by atoms with Crippen molar-refractivity contribution in [2.45, 2.75) is 117 Å². The average molecular weight is 425 g/mol. The van der Waals surface area contributed by atoms with Crippen LogP contribution in [0.25, 0.3) is 0 Å². The Hall–Kier alpha value is -0.180. The normalized spacial score (nSPS) is 48.7. The van der Waals surface area contributed by atoms with Crippen LogP contribution in [0.1, 0.15) is 105 Å². The van der Waals surface area contributed by atoms with Crippen LogP contribution in [0.5, 0.6) is 0 Å². The lowest BCUT2D eigenvalue weighted by atomic mass is 9.43. The minimum absolute atomic E-state index is 0.0827. The van der Waals surface area contributed by atoms with E-state index in [1.54, 1.807) is 0 Å². The van der Waals surface area contributed by atoms with Crippen molar-refractivity contribution >= 4 is 0 Å². The van der Waals surface area contributed by atoms with E-state index < -0.39 is 23.4 Å². The smallest absolute Gasteiger partial charge is 0.251 e. The predicted molar refractivity (Wildman–Crippen MR) is 119 cm³/mol. The first-order valence-electron chi connectivity index (χ1n) is 13.1. The lowest BCUT2D eigenvalue weighted by Gasteiger charge is -2.63. The molecule has 174 valence electrons. The summed E-state index contributed by atoms with van der Waals surface area (Å²) in [4.78, 5) is 0. The molecule has 0 aromatic heterocycles. The zero-order chi connectivity index (χ0) is 21.9. The fourth-order valence-corrected chi connectivity index (χ4v) is 9.37. The van der Waals surface area contributed by atoms with Gasteiger partial charge in [-0.2, -0.15) is 0 Å². The molecule has 0 amide bonds. The molecule has 2 unspecified atom stereocenters. The van der Waals surface area contributed by atoms with Crippen LogP contribution in [0.3, 0.4) is 0 Å². The van der Waals surface area contributed by atoms with E-state index in [1.165, 1.54) is 32.1 Å². The molecule has 1 nitrogen and oxygen atoms in total. The SMILES string of the molecule is CC(C)CCC[C@@H](C)[C@H]1CC[C@H]2[C@@H]3CC(F)(F)C4CCCC(O)[C@]4(C)[C@H]3CC[C@]12C. The molecular formula is C27H46F2O. The Balaban J connectivity index is 1.56. The summed E-state index contributed by atoms with van der Waals surface area (Å²) in [6.45, 7) is 11.5. The molecule has 0 spiro atoms. The van der Waals surface area contributed by atoms with Crippen LogP contribution < -0.4 is 0 Å². The van der Waals surface area contributed by atoms with Gasteiger partial charge in [0.1, 0.15) is 0 Å². The van der Waals surface area contributed by atoms with E-state index in [0.29, 0.717) is 30.6 Å². The van der Waals surface area contributed by atoms with Gasteiger partial charge in [-0.1, -0.05) is 60.3 Å². The predicted octanol–water partition coefficient (Wildman–Crippen LogP) is 7.71. The molecule has 9 atom stereocenters. The van der Waals surface area contributed by atoms with E-state index >= 15 is 8.78 Å². The van der Waals surface area contributed by atoms with E-state index in [9.17, 15) is 5.11 Å². The third-order valence-electron chi connectivity index (χ3n) is 10.9. The third-order valence-corrected chi connectivity index (χ3v) is 10.9. The molecular weight excluding hydrogens is 378 g/mol. The molecule has 0 heterocycles. The van der Waals surface area contributed by atoms with Crippen LogP contribution in [0, 0.1) is 52.3 Å². The second-order valence-corrected chi connectivity index (χ2v) is 12.7. The lowest BCUT2D eigenvalue weighted by Crippen LogP contribution is -2.63. The molecule has 4 aliphatic rings. The molecule has 4 fully saturated rings. The highest BCUT2D eigenvalue weighted by Crippen LogP contribution is 2.70. The van der Waals surface area contributed by atoms with Crippen LogP contribution >= 0.6 is 0 Å². The number of halogens is 2. The third kappa shape index (κ3) is 3.48. The van der Waals surface area contributed by atoms with E-state index in [0.717, 1.165) is 25.2 Å². The van der Waals surface area contributed by atoms with Crippen molar-refractivity contribution in [3.05, 3.63) is 0 Å². The van der Waals surface area contributed by atoms with Crippen molar-refractivity contribution in [2.24, 2.45) is 52.3 Å². The first kappa shape index (κ1) is 23.0. The molecule has 0 aromatic carbocycles. The van der Waals surface area contributed by atoms with Crippen molar-refractivity contribution in [3.63, 3.8) is 0 Å². The van der Waals surface area contributed by atoms with Crippen molar-refractivity contribution in [2.75, 3.05) is 0 Å². The number of hydrogen-bond acceptors (Lipinski definition) is 1. The Bertz CT molecular complexity index is 618. The molecule has 4 aliphatic carbocycles. The van der Waals surface area contributed by atoms with Crippen LogP contribution in [-0.4, -0.2) is 17.1 Å². The number of aliphatic hydroxyl groups is 1. The Kier molecular flexibility index (Phi) is 6.13. The summed E-state index contributed by atoms with van der Waals surface area (Å²) in [7, 11) is 0. The minimum Gasteiger partial charge on any atom is -0.393 e. The van der Waals surface area contributed by atoms with Gasteiger partial charge in [0.25, 0.3) is 5.92 Å². The maximum absolute atomic E-state index is 15.5. The lowest BCUT2D eigenvalue weighted by molar-refractivity contribution is -0.253. The Morgan fingerprint density at radius 3 is 2.37 bits per heavy atom. The molecule has 4 rings (SSSR count). The first-order valence-corrected chi connectivity index (χ1v) is 13.1. The number of fused-ring (bicyclic) bond motifs is 5. The van der Waals surface area contributed by atoms with Gasteiger partial charge in [-0.05, 0) is 79.4 Å². The summed E-state index contributed by atoms with van der Waals surface area (Å²) in [6, 6.07) is 0. The Morgan fingerprint density at radius 2 is 1.67 bits per heavy atom. The van der Waals surface area contributed by atoms with Gasteiger partial charge in [-0.3, -0.25) is 0 Å². The van der Waals surface area contributed by atoms with Gasteiger partial charge in [0.05, 0.1) is 6.10 Å². The number of hydrogen-bond donors (Lipinski definition) is 1. The molecule has 0 aromatic rings. The number of rotatable bonds is 5. The molecule has 1 N–H and O–H groups in total. The standard InChI is InChI=1S/C27H46F2O/c1-17(2)8-6-9-18(3)20-12-13-21-19-16-27(28,29)23-10-7-11-24(30)26(23,5)22(19)14-15-25(20,21)4/h17-24,30H,6-16H2,1-5H3/t18-,19+,20-,21+,22+,23?,24?,25-,26-/m1/s1. The molecule has 0 radical (unpaired) electrons. The fourth-order valence-electron chi connectivity index (χ4n) is 9.37. The summed E-state index contributed by atoms with van der Waals surface area (Å²) >= 11 is 0. The van der Waals surface area contributed by atoms with Gasteiger partial charge in [-0.15, -0.1) is 0 Å². The zero-order valence-corrected chi connectivity index (χ0v) is 20.1. The molecule has 0 saturated heterocycles. The fraction of sp³-hybridized carbons (Fsp3) is 1.00. The molecule has 4 saturated carbocycles. The summed E-state index contributed by atoms with van der Waals surface area (Å²) in [5.74, 6) is -0.283. The van der Waals surface area contributed by atoms with Crippen LogP contribution in [0.4, 0.5) is 8.78 Å². The van der Waals surface area contributed by atoms with Crippen LogP contribution in [0.15, 0.2) is 0 Å². The summed E-state index contributed by atoms with van der Waals surface area (Å²) in [5, 5.41) is 11.0.